The monoisotopic (exact) mass is 176 g/mol. The summed E-state index contributed by atoms with van der Waals surface area (Å²) < 4.78 is 0. The summed E-state index contributed by atoms with van der Waals surface area (Å²) in [6, 6.07) is 0. The molecule has 0 aliphatic carbocycles. The number of hydrogen-bond donors (Lipinski definition) is 3. The van der Waals surface area contributed by atoms with Gasteiger partial charge in [-0.2, -0.15) is 0 Å². The SMILES string of the molecule is NC(=O)C(=S)NCCCCO. The first-order chi connectivity index (χ1) is 5.18. The number of carbonyl (C=O) groups excluding carboxylic acids is 1. The fraction of sp³-hybridized carbons (Fsp3) is 0.667. The predicted molar refractivity (Wildman–Crippen MR) is 46.1 cm³/mol. The largest absolute Gasteiger partial charge is 0.396 e. The molecule has 0 fully saturated rings. The zero-order chi connectivity index (χ0) is 8.69. The molecule has 0 aromatic carbocycles. The lowest BCUT2D eigenvalue weighted by molar-refractivity contribution is -0.112. The summed E-state index contributed by atoms with van der Waals surface area (Å²) in [4.78, 5) is 10.4. The van der Waals surface area contributed by atoms with Gasteiger partial charge < -0.3 is 16.2 Å². The van der Waals surface area contributed by atoms with Crippen molar-refractivity contribution in [3.63, 3.8) is 0 Å². The normalized spacial score (nSPS) is 9.18. The second kappa shape index (κ2) is 6.06. The van der Waals surface area contributed by atoms with E-state index in [-0.39, 0.29) is 11.6 Å². The molecule has 0 aliphatic heterocycles. The van der Waals surface area contributed by atoms with E-state index in [0.29, 0.717) is 13.0 Å². The number of nitrogens with two attached hydrogens (primary N) is 1. The van der Waals surface area contributed by atoms with E-state index < -0.39 is 5.91 Å². The number of aliphatic hydroxyl groups is 1. The first-order valence-corrected chi connectivity index (χ1v) is 3.77. The van der Waals surface area contributed by atoms with Crippen LogP contribution in [0, 0.1) is 0 Å². The zero-order valence-corrected chi connectivity index (χ0v) is 6.99. The highest BCUT2D eigenvalue weighted by atomic mass is 32.1. The van der Waals surface area contributed by atoms with Crippen LogP contribution in [0.15, 0.2) is 0 Å². The Bertz CT molecular complexity index is 150. The van der Waals surface area contributed by atoms with Gasteiger partial charge in [-0.3, -0.25) is 4.79 Å². The van der Waals surface area contributed by atoms with Gasteiger partial charge in [0.05, 0.1) is 0 Å². The third kappa shape index (κ3) is 5.75. The van der Waals surface area contributed by atoms with Crippen molar-refractivity contribution < 1.29 is 9.90 Å². The molecule has 0 aromatic rings. The average Bonchev–Trinajstić information content (AvgIpc) is 1.97. The number of amides is 1. The molecule has 1 amide bonds. The number of thiocarbonyl (C=S) groups is 1. The first-order valence-electron chi connectivity index (χ1n) is 3.37. The number of primary amides is 1. The predicted octanol–water partition coefficient (Wildman–Crippen LogP) is -0.839. The summed E-state index contributed by atoms with van der Waals surface area (Å²) in [6.45, 7) is 0.743. The van der Waals surface area contributed by atoms with Crippen molar-refractivity contribution in [3.05, 3.63) is 0 Å². The molecular weight excluding hydrogens is 164 g/mol. The second-order valence-electron chi connectivity index (χ2n) is 2.05. The Hall–Kier alpha value is -0.680. The van der Waals surface area contributed by atoms with Gasteiger partial charge in [0.1, 0.15) is 0 Å². The van der Waals surface area contributed by atoms with E-state index in [2.05, 4.69) is 17.5 Å². The van der Waals surface area contributed by atoms with Gasteiger partial charge in [-0.05, 0) is 12.8 Å². The van der Waals surface area contributed by atoms with Gasteiger partial charge in [-0.15, -0.1) is 0 Å². The minimum Gasteiger partial charge on any atom is -0.396 e. The molecule has 0 rings (SSSR count). The molecule has 0 aromatic heterocycles. The van der Waals surface area contributed by atoms with Crippen LogP contribution in [-0.4, -0.2) is 29.2 Å². The Balaban J connectivity index is 3.25. The molecule has 0 unspecified atom stereocenters. The molecule has 11 heavy (non-hydrogen) atoms. The van der Waals surface area contributed by atoms with Crippen molar-refractivity contribution in [1.82, 2.24) is 5.32 Å². The average molecular weight is 176 g/mol. The zero-order valence-electron chi connectivity index (χ0n) is 6.17. The van der Waals surface area contributed by atoms with Crippen molar-refractivity contribution in [2.24, 2.45) is 5.73 Å². The molecule has 64 valence electrons. The quantitative estimate of drug-likeness (QED) is 0.386. The molecule has 4 N–H and O–H groups in total. The third-order valence-corrected chi connectivity index (χ3v) is 1.44. The van der Waals surface area contributed by atoms with E-state index in [0.717, 1.165) is 6.42 Å². The van der Waals surface area contributed by atoms with Gasteiger partial charge in [0, 0.05) is 13.2 Å². The summed E-state index contributed by atoms with van der Waals surface area (Å²) >= 11 is 4.58. The summed E-state index contributed by atoms with van der Waals surface area (Å²) in [6.07, 6.45) is 1.48. The molecule has 0 atom stereocenters. The second-order valence-corrected chi connectivity index (χ2v) is 2.46. The minimum atomic E-state index is -0.607. The van der Waals surface area contributed by atoms with Crippen LogP contribution >= 0.6 is 12.2 Å². The van der Waals surface area contributed by atoms with Crippen LogP contribution in [0.2, 0.25) is 0 Å². The maximum atomic E-state index is 10.3. The maximum absolute atomic E-state index is 10.3. The molecule has 0 saturated heterocycles. The van der Waals surface area contributed by atoms with Gasteiger partial charge in [0.2, 0.25) is 0 Å². The minimum absolute atomic E-state index is 0.0583. The molecule has 0 saturated carbocycles. The Morgan fingerprint density at radius 2 is 2.18 bits per heavy atom. The van der Waals surface area contributed by atoms with Gasteiger partial charge in [-0.25, -0.2) is 0 Å². The molecule has 4 nitrogen and oxygen atoms in total. The number of unbranched alkanes of at least 4 members (excludes halogenated alkanes) is 1. The van der Waals surface area contributed by atoms with E-state index in [1.54, 1.807) is 0 Å². The van der Waals surface area contributed by atoms with Gasteiger partial charge in [-0.1, -0.05) is 12.2 Å². The smallest absolute Gasteiger partial charge is 0.276 e. The lowest BCUT2D eigenvalue weighted by Gasteiger charge is -2.02. The number of aliphatic hydroxyl groups excluding tert-OH is 1. The molecule has 0 aliphatic rings. The van der Waals surface area contributed by atoms with E-state index >= 15 is 0 Å². The standard InChI is InChI=1S/C6H12N2O2S/c7-5(10)6(11)8-3-1-2-4-9/h9H,1-4H2,(H2,7,10)(H,8,11). The Morgan fingerprint density at radius 3 is 2.64 bits per heavy atom. The van der Waals surface area contributed by atoms with Crippen LogP contribution < -0.4 is 11.1 Å². The topological polar surface area (TPSA) is 75.4 Å². The van der Waals surface area contributed by atoms with Crippen molar-refractivity contribution in [2.75, 3.05) is 13.2 Å². The molecule has 0 heterocycles. The summed E-state index contributed by atoms with van der Waals surface area (Å²) in [7, 11) is 0. The molecule has 0 bridgehead atoms. The summed E-state index contributed by atoms with van der Waals surface area (Å²) in [5.74, 6) is -0.607. The maximum Gasteiger partial charge on any atom is 0.276 e. The first kappa shape index (κ1) is 10.3. The van der Waals surface area contributed by atoms with Crippen LogP contribution in [0.5, 0.6) is 0 Å². The van der Waals surface area contributed by atoms with Crippen molar-refractivity contribution in [3.8, 4) is 0 Å². The van der Waals surface area contributed by atoms with Crippen LogP contribution in [0.1, 0.15) is 12.8 Å². The molecular formula is C6H12N2O2S. The summed E-state index contributed by atoms with van der Waals surface area (Å²) in [5.41, 5.74) is 4.86. The van der Waals surface area contributed by atoms with E-state index in [9.17, 15) is 4.79 Å². The number of carbonyl (C=O) groups is 1. The van der Waals surface area contributed by atoms with Crippen molar-refractivity contribution in [1.29, 1.82) is 0 Å². The van der Waals surface area contributed by atoms with Gasteiger partial charge in [0.25, 0.3) is 5.91 Å². The Labute approximate surface area is 70.8 Å². The summed E-state index contributed by atoms with van der Waals surface area (Å²) in [5, 5.41) is 11.1. The highest BCUT2D eigenvalue weighted by molar-refractivity contribution is 7.82. The highest BCUT2D eigenvalue weighted by Gasteiger charge is 2.00. The Morgan fingerprint density at radius 1 is 1.55 bits per heavy atom. The molecule has 0 spiro atoms. The third-order valence-electron chi connectivity index (χ3n) is 1.09. The number of rotatable bonds is 4. The van der Waals surface area contributed by atoms with E-state index in [4.69, 9.17) is 10.8 Å². The fourth-order valence-corrected chi connectivity index (χ4v) is 0.628. The number of nitrogens with one attached hydrogen (secondary N) is 1. The van der Waals surface area contributed by atoms with Gasteiger partial charge >= 0.3 is 0 Å². The lowest BCUT2D eigenvalue weighted by atomic mass is 10.3. The van der Waals surface area contributed by atoms with E-state index in [1.165, 1.54) is 0 Å². The molecule has 0 radical (unpaired) electrons. The van der Waals surface area contributed by atoms with E-state index in [1.807, 2.05) is 0 Å². The Kier molecular flexibility index (Phi) is 5.68. The van der Waals surface area contributed by atoms with Gasteiger partial charge in [0.15, 0.2) is 4.99 Å². The lowest BCUT2D eigenvalue weighted by Crippen LogP contribution is -2.34. The fourth-order valence-electron chi connectivity index (χ4n) is 0.526. The van der Waals surface area contributed by atoms with Crippen LogP contribution in [-0.2, 0) is 4.79 Å². The molecule has 5 heteroatoms. The van der Waals surface area contributed by atoms with Crippen molar-refractivity contribution in [2.45, 2.75) is 12.8 Å². The van der Waals surface area contributed by atoms with Crippen LogP contribution in [0.25, 0.3) is 0 Å². The van der Waals surface area contributed by atoms with Crippen LogP contribution in [0.4, 0.5) is 0 Å². The van der Waals surface area contributed by atoms with Crippen LogP contribution in [0.3, 0.4) is 0 Å². The number of hydrogen-bond acceptors (Lipinski definition) is 3. The highest BCUT2D eigenvalue weighted by Crippen LogP contribution is 1.83. The van der Waals surface area contributed by atoms with Crippen molar-refractivity contribution >= 4 is 23.1 Å².